The molecule has 0 N–H and O–H groups in total. The Morgan fingerprint density at radius 1 is 0.977 bits per heavy atom. The Bertz CT molecular complexity index is 1710. The number of carbonyl (C=O) groups excluding carboxylic acids is 1. The third-order valence-corrected chi connectivity index (χ3v) is 8.15. The van der Waals surface area contributed by atoms with Crippen LogP contribution in [0.1, 0.15) is 37.5 Å². The number of quaternary nitrogens is 1. The van der Waals surface area contributed by atoms with Crippen LogP contribution >= 0.6 is 0 Å². The van der Waals surface area contributed by atoms with Crippen molar-refractivity contribution < 1.29 is 23.3 Å². The minimum absolute atomic E-state index is 0.0325. The molecule has 0 aliphatic carbocycles. The fourth-order valence-corrected chi connectivity index (χ4v) is 5.81. The van der Waals surface area contributed by atoms with Gasteiger partial charge in [-0.2, -0.15) is 9.98 Å². The normalized spacial score (nSPS) is 18.3. The zero-order chi connectivity index (χ0) is 31.6. The monoisotopic (exact) mass is 596 g/mol. The molecule has 0 bridgehead atoms. The lowest BCUT2D eigenvalue weighted by atomic mass is 9.87. The molecule has 5 rings (SSSR count). The van der Waals surface area contributed by atoms with Gasteiger partial charge in [0.05, 0.1) is 26.5 Å². The summed E-state index contributed by atoms with van der Waals surface area (Å²) in [4.78, 5) is 24.8. The first-order valence-electron chi connectivity index (χ1n) is 14.4. The van der Waals surface area contributed by atoms with Crippen LogP contribution in [-0.2, 0) is 22.5 Å². The number of guanidine groups is 1. The maximum atomic E-state index is 15.7. The summed E-state index contributed by atoms with van der Waals surface area (Å²) in [6, 6.07) is 23.7. The summed E-state index contributed by atoms with van der Waals surface area (Å²) < 4.78 is 24.4. The second-order valence-electron chi connectivity index (χ2n) is 11.6. The first-order valence-corrected chi connectivity index (χ1v) is 14.4. The molecule has 0 aromatic heterocycles. The number of fused-ring (bicyclic) bond motifs is 1. The summed E-state index contributed by atoms with van der Waals surface area (Å²) in [6.45, 7) is 5.99. The molecule has 0 saturated heterocycles. The Morgan fingerprint density at radius 2 is 1.68 bits per heavy atom. The fourth-order valence-electron chi connectivity index (χ4n) is 5.81. The van der Waals surface area contributed by atoms with Crippen molar-refractivity contribution in [1.82, 2.24) is 4.90 Å². The summed E-state index contributed by atoms with van der Waals surface area (Å²) in [5.41, 5.74) is 3.06. The molecular formula is C35H37FN4O4. The highest BCUT2D eigenvalue weighted by Gasteiger charge is 2.52. The number of hydrogen-bond donors (Lipinski definition) is 0. The van der Waals surface area contributed by atoms with Gasteiger partial charge in [-0.25, -0.2) is 9.04 Å². The number of carbonyl (C=O) groups is 1. The van der Waals surface area contributed by atoms with E-state index in [1.54, 1.807) is 51.3 Å². The lowest BCUT2D eigenvalue weighted by molar-refractivity contribution is -0.666. The first-order chi connectivity index (χ1) is 21.0. The van der Waals surface area contributed by atoms with Gasteiger partial charge in [-0.15, -0.1) is 0 Å². The van der Waals surface area contributed by atoms with Crippen molar-refractivity contribution >= 4 is 23.3 Å². The van der Waals surface area contributed by atoms with E-state index in [9.17, 15) is 9.18 Å². The van der Waals surface area contributed by atoms with Crippen LogP contribution in [0.15, 0.2) is 106 Å². The number of methoxy groups -OCH3 is 2. The van der Waals surface area contributed by atoms with E-state index in [1.165, 1.54) is 13.2 Å². The Labute approximate surface area is 257 Å². The summed E-state index contributed by atoms with van der Waals surface area (Å²) >= 11 is 0. The fraction of sp³-hybridized carbons (Fsp3) is 0.286. The molecular weight excluding hydrogens is 559 g/mol. The van der Waals surface area contributed by atoms with Gasteiger partial charge in [0.2, 0.25) is 0 Å². The van der Waals surface area contributed by atoms with E-state index >= 15 is 5.21 Å². The second-order valence-corrected chi connectivity index (χ2v) is 11.6. The van der Waals surface area contributed by atoms with Crippen LogP contribution in [0.4, 0.5) is 4.39 Å². The van der Waals surface area contributed by atoms with Crippen molar-refractivity contribution in [3.05, 3.63) is 124 Å². The van der Waals surface area contributed by atoms with E-state index in [0.717, 1.165) is 5.56 Å². The van der Waals surface area contributed by atoms with Gasteiger partial charge in [-0.1, -0.05) is 54.6 Å². The molecule has 1 atom stereocenters. The predicted octanol–water partition coefficient (Wildman–Crippen LogP) is 6.49. The first kappa shape index (κ1) is 31.0. The van der Waals surface area contributed by atoms with E-state index < -0.39 is 16.0 Å². The smallest absolute Gasteiger partial charge is 0.339 e. The molecule has 0 saturated carbocycles. The van der Waals surface area contributed by atoms with Gasteiger partial charge >= 0.3 is 11.9 Å². The van der Waals surface area contributed by atoms with Crippen molar-refractivity contribution in [2.75, 3.05) is 27.8 Å². The van der Waals surface area contributed by atoms with Crippen molar-refractivity contribution in [1.29, 1.82) is 0 Å². The van der Waals surface area contributed by atoms with Gasteiger partial charge in [0.1, 0.15) is 22.7 Å². The number of allylic oxidation sites excluding steroid dienone is 1. The van der Waals surface area contributed by atoms with Gasteiger partial charge in [-0.05, 0) is 63.2 Å². The molecule has 9 heteroatoms. The molecule has 1 unspecified atom stereocenters. The SMILES string of the molecule is COC(=O)C(C)(C)C1=C(CN(C)Cc2ccccc2)[N+]2([O-])C(=N1)N=C(Cc1ccccc1F)C(C)=C2c1cccc(OC)c1. The number of likely N-dealkylation sites (N-methyl/N-ethyl adjacent to an activating group) is 1. The Morgan fingerprint density at radius 3 is 2.36 bits per heavy atom. The van der Waals surface area contributed by atoms with Gasteiger partial charge in [0, 0.05) is 24.1 Å². The third-order valence-electron chi connectivity index (χ3n) is 8.15. The van der Waals surface area contributed by atoms with E-state index in [4.69, 9.17) is 19.5 Å². The Balaban J connectivity index is 1.72. The van der Waals surface area contributed by atoms with Gasteiger partial charge in [-0.3, -0.25) is 9.69 Å². The molecule has 3 aromatic rings. The zero-order valence-corrected chi connectivity index (χ0v) is 25.9. The number of ether oxygens (including phenoxy) is 2. The van der Waals surface area contributed by atoms with Crippen LogP contribution in [-0.4, -0.2) is 55.0 Å². The highest BCUT2D eigenvalue weighted by Crippen LogP contribution is 2.48. The second kappa shape index (κ2) is 12.3. The van der Waals surface area contributed by atoms with Gasteiger partial charge < -0.3 is 14.7 Å². The van der Waals surface area contributed by atoms with E-state index in [2.05, 4.69) is 0 Å². The summed E-state index contributed by atoms with van der Waals surface area (Å²) in [7, 11) is 4.81. The summed E-state index contributed by atoms with van der Waals surface area (Å²) in [5.74, 6) is -0.339. The van der Waals surface area contributed by atoms with Crippen LogP contribution in [0.25, 0.3) is 5.70 Å². The maximum Gasteiger partial charge on any atom is 0.339 e. The maximum absolute atomic E-state index is 15.7. The summed E-state index contributed by atoms with van der Waals surface area (Å²) in [6.07, 6.45) is 0.157. The number of esters is 1. The van der Waals surface area contributed by atoms with Gasteiger partial charge in [0.25, 0.3) is 0 Å². The Hall–Kier alpha value is -4.44. The van der Waals surface area contributed by atoms with Crippen LogP contribution in [0.2, 0.25) is 0 Å². The number of hydrogen-bond acceptors (Lipinski definition) is 7. The highest BCUT2D eigenvalue weighted by molar-refractivity contribution is 6.14. The van der Waals surface area contributed by atoms with E-state index in [-0.39, 0.29) is 24.7 Å². The standard InChI is InChI=1S/C35H37FN4O4/c1-23-29(20-25-15-10-11-18-28(25)36)37-34-38-32(35(2,3)33(41)44-6)30(22-39(4)21-24-13-8-7-9-14-24)40(34,42)31(23)26-16-12-17-27(19-26)43-5/h7-19H,20-22H2,1-6H3. The molecule has 3 aromatic carbocycles. The van der Waals surface area contributed by atoms with Crippen molar-refractivity contribution in [2.45, 2.75) is 33.7 Å². The third kappa shape index (κ3) is 5.61. The quantitative estimate of drug-likeness (QED) is 0.152. The summed E-state index contributed by atoms with van der Waals surface area (Å²) in [5, 5.41) is 15.7. The number of hydroxylamine groups is 3. The van der Waals surface area contributed by atoms with Crippen molar-refractivity contribution in [3.8, 4) is 5.75 Å². The topological polar surface area (TPSA) is 86.5 Å². The van der Waals surface area contributed by atoms with Gasteiger partial charge in [0.15, 0.2) is 11.4 Å². The molecule has 2 aliphatic heterocycles. The molecule has 0 amide bonds. The minimum atomic E-state index is -1.26. The molecule has 2 heterocycles. The number of benzene rings is 3. The van der Waals surface area contributed by atoms with Crippen LogP contribution < -0.4 is 4.74 Å². The largest absolute Gasteiger partial charge is 0.614 e. The lowest BCUT2D eigenvalue weighted by Gasteiger charge is -2.44. The average molecular weight is 597 g/mol. The number of halogens is 1. The van der Waals surface area contributed by atoms with Crippen LogP contribution in [0.5, 0.6) is 5.75 Å². The molecule has 8 nitrogen and oxygen atoms in total. The highest BCUT2D eigenvalue weighted by atomic mass is 19.1. The number of rotatable bonds is 10. The zero-order valence-electron chi connectivity index (χ0n) is 25.9. The molecule has 228 valence electrons. The van der Waals surface area contributed by atoms with Crippen molar-refractivity contribution in [2.24, 2.45) is 15.4 Å². The minimum Gasteiger partial charge on any atom is -0.614 e. The molecule has 0 radical (unpaired) electrons. The molecule has 44 heavy (non-hydrogen) atoms. The molecule has 2 aliphatic rings. The van der Waals surface area contributed by atoms with E-state index in [1.807, 2.05) is 61.3 Å². The van der Waals surface area contributed by atoms with Crippen molar-refractivity contribution in [3.63, 3.8) is 0 Å². The van der Waals surface area contributed by atoms with Crippen LogP contribution in [0.3, 0.4) is 0 Å². The predicted molar refractivity (Wildman–Crippen MR) is 170 cm³/mol. The molecule has 0 fully saturated rings. The van der Waals surface area contributed by atoms with Crippen LogP contribution in [0, 0.1) is 16.4 Å². The average Bonchev–Trinajstić information content (AvgIpc) is 3.30. The lowest BCUT2D eigenvalue weighted by Crippen LogP contribution is -2.48. The van der Waals surface area contributed by atoms with E-state index in [0.29, 0.717) is 51.8 Å². The molecule has 0 spiro atoms. The Kier molecular flexibility index (Phi) is 8.65. The number of nitrogens with zero attached hydrogens (tertiary/aromatic N) is 4. The number of aliphatic imine (C=N–C) groups is 2.